The Morgan fingerprint density at radius 2 is 0.933 bits per heavy atom. The van der Waals surface area contributed by atoms with E-state index in [0.717, 1.165) is 43.2 Å². The minimum atomic E-state index is -0.386. The van der Waals surface area contributed by atoms with Crippen LogP contribution in [-0.2, 0) is 9.59 Å². The predicted molar refractivity (Wildman–Crippen MR) is 182 cm³/mol. The van der Waals surface area contributed by atoms with Gasteiger partial charge in [-0.25, -0.2) is 0 Å². The van der Waals surface area contributed by atoms with E-state index in [0.29, 0.717) is 11.1 Å². The number of thioether (sulfide) groups is 2. The number of carbonyl (C=O) groups is 2. The third-order valence-electron chi connectivity index (χ3n) is 6.45. The van der Waals surface area contributed by atoms with Crippen LogP contribution in [0, 0.1) is 33.8 Å². The maximum absolute atomic E-state index is 11.9. The summed E-state index contributed by atoms with van der Waals surface area (Å²) < 4.78 is 0. The zero-order valence-electron chi connectivity index (χ0n) is 24.4. The number of nitro benzene ring substituents is 1. The van der Waals surface area contributed by atoms with Crippen LogP contribution in [0.4, 0.5) is 5.69 Å². The maximum atomic E-state index is 11.9. The molecule has 0 bridgehead atoms. The molecule has 5 rings (SSSR count). The van der Waals surface area contributed by atoms with Crippen LogP contribution in [0.25, 0.3) is 22.3 Å². The number of non-ortho nitro benzene ring substituents is 1. The van der Waals surface area contributed by atoms with Gasteiger partial charge in [0, 0.05) is 58.0 Å². The molecular weight excluding hydrogens is 599 g/mol. The predicted octanol–water partition coefficient (Wildman–Crippen LogP) is 9.01. The molecule has 5 nitrogen and oxygen atoms in total. The van der Waals surface area contributed by atoms with Gasteiger partial charge in [-0.05, 0) is 101 Å². The van der Waals surface area contributed by atoms with Gasteiger partial charge in [-0.3, -0.25) is 19.7 Å². The molecule has 0 amide bonds. The summed E-state index contributed by atoms with van der Waals surface area (Å²) >= 11 is 2.35. The summed E-state index contributed by atoms with van der Waals surface area (Å²) in [6.45, 7) is 3.06. The summed E-state index contributed by atoms with van der Waals surface area (Å²) in [4.78, 5) is 35.9. The maximum Gasteiger partial charge on any atom is 0.270 e. The average molecular weight is 624 g/mol. The molecule has 0 saturated carbocycles. The number of nitrogens with zero attached hydrogens (tertiary/aromatic N) is 1. The normalized spacial score (nSPS) is 10.2. The Morgan fingerprint density at radius 3 is 1.31 bits per heavy atom. The molecule has 0 saturated heterocycles. The van der Waals surface area contributed by atoms with Crippen LogP contribution in [0.15, 0.2) is 125 Å². The van der Waals surface area contributed by atoms with E-state index in [9.17, 15) is 19.7 Å². The molecule has 0 aliphatic rings. The number of hydrogen-bond donors (Lipinski definition) is 0. The number of nitro groups is 1. The first-order valence-corrected chi connectivity index (χ1v) is 15.5. The van der Waals surface area contributed by atoms with Crippen LogP contribution in [0.2, 0.25) is 0 Å². The number of hydrogen-bond acceptors (Lipinski definition) is 6. The minimum Gasteiger partial charge on any atom is -0.287 e. The van der Waals surface area contributed by atoms with Crippen molar-refractivity contribution < 1.29 is 14.5 Å². The molecule has 7 heteroatoms. The van der Waals surface area contributed by atoms with Crippen molar-refractivity contribution in [2.45, 2.75) is 23.6 Å². The van der Waals surface area contributed by atoms with E-state index in [2.05, 4.69) is 23.7 Å². The number of rotatable bonds is 5. The third-order valence-corrected chi connectivity index (χ3v) is 8.05. The van der Waals surface area contributed by atoms with Crippen molar-refractivity contribution in [1.29, 1.82) is 0 Å². The first-order chi connectivity index (χ1) is 21.7. The minimum absolute atomic E-state index is 0.0116. The summed E-state index contributed by atoms with van der Waals surface area (Å²) in [5.41, 5.74) is 6.19. The van der Waals surface area contributed by atoms with E-state index >= 15 is 0 Å². The molecule has 0 aliphatic carbocycles. The Balaban J connectivity index is 1.42. The smallest absolute Gasteiger partial charge is 0.270 e. The summed E-state index contributed by atoms with van der Waals surface area (Å²) in [5.74, 6) is 12.6. The Hall–Kier alpha value is -5.34. The molecule has 45 heavy (non-hydrogen) atoms. The second kappa shape index (κ2) is 14.4. The van der Waals surface area contributed by atoms with Crippen molar-refractivity contribution in [3.63, 3.8) is 0 Å². The fraction of sp³-hybridized carbons (Fsp3) is 0.0526. The molecule has 0 N–H and O–H groups in total. The van der Waals surface area contributed by atoms with E-state index in [1.165, 1.54) is 37.4 Å². The van der Waals surface area contributed by atoms with Gasteiger partial charge in [0.15, 0.2) is 10.2 Å². The highest BCUT2D eigenvalue weighted by atomic mass is 32.2. The van der Waals surface area contributed by atoms with Crippen LogP contribution < -0.4 is 0 Å². The van der Waals surface area contributed by atoms with E-state index < -0.39 is 0 Å². The summed E-state index contributed by atoms with van der Waals surface area (Å²) in [6, 6.07) is 35.2. The quantitative estimate of drug-likeness (QED) is 0.0842. The average Bonchev–Trinajstić information content (AvgIpc) is 3.03. The van der Waals surface area contributed by atoms with Crippen molar-refractivity contribution in [3.05, 3.63) is 148 Å². The molecule has 0 atom stereocenters. The van der Waals surface area contributed by atoms with E-state index in [-0.39, 0.29) is 20.8 Å². The van der Waals surface area contributed by atoms with Crippen molar-refractivity contribution in [2.24, 2.45) is 0 Å². The molecule has 5 aromatic carbocycles. The SMILES string of the molecule is CC(=O)Sc1ccc(C#Cc2cccc(-c3cc(-c4cccc(C#Cc5ccc(SC(C)=O)cc5)c4)cc([N+](=O)[O-])c3)c2)cc1. The zero-order chi connectivity index (χ0) is 31.8. The molecule has 0 fully saturated rings. The number of carbonyl (C=O) groups excluding carboxylic acids is 2. The highest BCUT2D eigenvalue weighted by Gasteiger charge is 2.13. The third kappa shape index (κ3) is 8.84. The Morgan fingerprint density at radius 1 is 0.533 bits per heavy atom. The number of benzene rings is 5. The lowest BCUT2D eigenvalue weighted by Gasteiger charge is -2.08. The second-order valence-electron chi connectivity index (χ2n) is 9.92. The van der Waals surface area contributed by atoms with E-state index in [4.69, 9.17) is 0 Å². The Kier molecular flexibility index (Phi) is 9.97. The monoisotopic (exact) mass is 623 g/mol. The van der Waals surface area contributed by atoms with Gasteiger partial charge in [0.25, 0.3) is 5.69 Å². The Labute approximate surface area is 270 Å². The van der Waals surface area contributed by atoms with Gasteiger partial charge in [-0.1, -0.05) is 71.5 Å². The molecule has 0 heterocycles. The van der Waals surface area contributed by atoms with Gasteiger partial charge < -0.3 is 0 Å². The molecule has 218 valence electrons. The van der Waals surface area contributed by atoms with E-state index in [1.807, 2.05) is 103 Å². The highest BCUT2D eigenvalue weighted by Crippen LogP contribution is 2.32. The standard InChI is InChI=1S/C38H25NO4S2/c1-26(40)44-37-17-13-28(14-18-37)9-11-30-5-3-7-32(21-30)34-23-35(25-36(24-34)39(42)43)33-8-4-6-31(22-33)12-10-29-15-19-38(20-16-29)45-27(2)41/h3-8,13-25H,1-2H3. The summed E-state index contributed by atoms with van der Waals surface area (Å²) in [5, 5.41) is 12.0. The molecule has 0 unspecified atom stereocenters. The molecule has 5 aromatic rings. The topological polar surface area (TPSA) is 77.3 Å². The van der Waals surface area contributed by atoms with Crippen molar-refractivity contribution >= 4 is 39.4 Å². The van der Waals surface area contributed by atoms with Crippen LogP contribution in [-0.4, -0.2) is 15.2 Å². The van der Waals surface area contributed by atoms with Crippen LogP contribution >= 0.6 is 23.5 Å². The summed E-state index contributed by atoms with van der Waals surface area (Å²) in [6.07, 6.45) is 0. The van der Waals surface area contributed by atoms with Crippen LogP contribution in [0.5, 0.6) is 0 Å². The molecule has 0 aliphatic heterocycles. The first kappa shape index (κ1) is 31.1. The molecule has 0 aromatic heterocycles. The fourth-order valence-electron chi connectivity index (χ4n) is 4.44. The van der Waals surface area contributed by atoms with Gasteiger partial charge in [0.2, 0.25) is 0 Å². The Bertz CT molecular complexity index is 1910. The van der Waals surface area contributed by atoms with Gasteiger partial charge in [0.05, 0.1) is 4.92 Å². The van der Waals surface area contributed by atoms with Crippen molar-refractivity contribution in [1.82, 2.24) is 0 Å². The molecular formula is C38H25NO4S2. The summed E-state index contributed by atoms with van der Waals surface area (Å²) in [7, 11) is 0. The van der Waals surface area contributed by atoms with Gasteiger partial charge in [-0.2, -0.15) is 0 Å². The largest absolute Gasteiger partial charge is 0.287 e. The van der Waals surface area contributed by atoms with E-state index in [1.54, 1.807) is 12.1 Å². The zero-order valence-corrected chi connectivity index (χ0v) is 26.0. The molecule has 0 spiro atoms. The van der Waals surface area contributed by atoms with Crippen molar-refractivity contribution in [3.8, 4) is 45.9 Å². The lowest BCUT2D eigenvalue weighted by atomic mass is 9.96. The second-order valence-corrected chi connectivity index (χ2v) is 12.4. The lowest BCUT2D eigenvalue weighted by molar-refractivity contribution is -0.384. The van der Waals surface area contributed by atoms with Crippen LogP contribution in [0.3, 0.4) is 0 Å². The molecule has 0 radical (unpaired) electrons. The highest BCUT2D eigenvalue weighted by molar-refractivity contribution is 8.13. The van der Waals surface area contributed by atoms with Gasteiger partial charge in [-0.15, -0.1) is 0 Å². The van der Waals surface area contributed by atoms with Crippen LogP contribution in [0.1, 0.15) is 36.1 Å². The van der Waals surface area contributed by atoms with Gasteiger partial charge in [0.1, 0.15) is 0 Å². The lowest BCUT2D eigenvalue weighted by Crippen LogP contribution is -1.91. The first-order valence-electron chi connectivity index (χ1n) is 13.8. The van der Waals surface area contributed by atoms with Crippen molar-refractivity contribution in [2.75, 3.05) is 0 Å². The fourth-order valence-corrected chi connectivity index (χ4v) is 5.64. The van der Waals surface area contributed by atoms with Gasteiger partial charge >= 0.3 is 0 Å².